The van der Waals surface area contributed by atoms with Crippen molar-refractivity contribution in [1.82, 2.24) is 10.3 Å². The van der Waals surface area contributed by atoms with Crippen molar-refractivity contribution in [2.75, 3.05) is 11.1 Å². The molecule has 1 aromatic heterocycles. The van der Waals surface area contributed by atoms with E-state index in [0.717, 1.165) is 0 Å². The largest absolute Gasteiger partial charge is 0.437 e. The maximum absolute atomic E-state index is 11.4. The predicted octanol–water partition coefficient (Wildman–Crippen LogP) is 0.521. The lowest BCUT2D eigenvalue weighted by Gasteiger charge is -2.02. The van der Waals surface area contributed by atoms with Crippen LogP contribution in [0.3, 0.4) is 0 Å². The number of benzene rings is 1. The van der Waals surface area contributed by atoms with Crippen LogP contribution in [-0.2, 0) is 4.84 Å². The molecule has 5 N–H and O–H groups in total. The summed E-state index contributed by atoms with van der Waals surface area (Å²) in [6, 6.07) is 8.71. The first-order chi connectivity index (χ1) is 9.16. The van der Waals surface area contributed by atoms with Crippen LogP contribution < -0.4 is 16.8 Å². The summed E-state index contributed by atoms with van der Waals surface area (Å²) >= 11 is 0. The number of hydrogen-bond acceptors (Lipinski definition) is 7. The number of amidine groups is 1. The second kappa shape index (κ2) is 5.49. The summed E-state index contributed by atoms with van der Waals surface area (Å²) in [5.74, 6) is -0.268. The average molecular weight is 262 g/mol. The molecule has 0 fully saturated rings. The number of para-hydroxylation sites is 1. The van der Waals surface area contributed by atoms with E-state index in [0.29, 0.717) is 5.69 Å². The Morgan fingerprint density at radius 3 is 2.68 bits per heavy atom. The Hall–Kier alpha value is -3.10. The number of carbonyl (C=O) groups excluding carboxylic acids is 1. The van der Waals surface area contributed by atoms with E-state index in [-0.39, 0.29) is 17.3 Å². The second-order valence-corrected chi connectivity index (χ2v) is 3.34. The van der Waals surface area contributed by atoms with Crippen LogP contribution in [-0.4, -0.2) is 22.2 Å². The van der Waals surface area contributed by atoms with Crippen molar-refractivity contribution in [3.63, 3.8) is 0 Å². The van der Waals surface area contributed by atoms with Gasteiger partial charge in [0.2, 0.25) is 0 Å². The molecule has 0 aliphatic carbocycles. The summed E-state index contributed by atoms with van der Waals surface area (Å²) in [6.45, 7) is 0. The maximum atomic E-state index is 11.4. The molecular formula is C10H10N6O3. The molecule has 0 aliphatic heterocycles. The number of aromatic nitrogens is 2. The molecule has 9 nitrogen and oxygen atoms in total. The van der Waals surface area contributed by atoms with Crippen LogP contribution in [0.2, 0.25) is 0 Å². The zero-order valence-electron chi connectivity index (χ0n) is 9.61. The number of amides is 1. The van der Waals surface area contributed by atoms with E-state index in [9.17, 15) is 4.79 Å². The standard InChI is InChI=1S/C10H10N6O3/c11-8(7-9(12)16-19-14-7)15-18-10(17)13-6-4-2-1-3-5-6/h1-5H,(H2,11,15)(H2,12,16)(H,13,17). The van der Waals surface area contributed by atoms with Gasteiger partial charge in [0.1, 0.15) is 0 Å². The highest BCUT2D eigenvalue weighted by Crippen LogP contribution is 2.06. The molecule has 98 valence electrons. The molecule has 0 unspecified atom stereocenters. The highest BCUT2D eigenvalue weighted by atomic mass is 16.7. The van der Waals surface area contributed by atoms with Crippen LogP contribution in [0, 0.1) is 0 Å². The summed E-state index contributed by atoms with van der Waals surface area (Å²) in [6.07, 6.45) is -0.802. The number of carbonyl (C=O) groups is 1. The fourth-order valence-corrected chi connectivity index (χ4v) is 1.17. The van der Waals surface area contributed by atoms with Gasteiger partial charge in [0.25, 0.3) is 0 Å². The Bertz CT molecular complexity index is 594. The van der Waals surface area contributed by atoms with E-state index in [1.54, 1.807) is 24.3 Å². The third kappa shape index (κ3) is 3.19. The van der Waals surface area contributed by atoms with Crippen molar-refractivity contribution in [2.24, 2.45) is 10.9 Å². The van der Waals surface area contributed by atoms with Gasteiger partial charge in [-0.1, -0.05) is 23.4 Å². The van der Waals surface area contributed by atoms with Crippen LogP contribution in [0.5, 0.6) is 0 Å². The monoisotopic (exact) mass is 262 g/mol. The number of anilines is 2. The van der Waals surface area contributed by atoms with Gasteiger partial charge in [-0.15, -0.1) is 0 Å². The van der Waals surface area contributed by atoms with Crippen LogP contribution >= 0.6 is 0 Å². The summed E-state index contributed by atoms with van der Waals surface area (Å²) in [5, 5.41) is 12.5. The Kier molecular flexibility index (Phi) is 3.57. The van der Waals surface area contributed by atoms with Gasteiger partial charge < -0.3 is 11.5 Å². The highest BCUT2D eigenvalue weighted by molar-refractivity contribution is 5.99. The number of nitrogens with one attached hydrogen (secondary N) is 1. The maximum Gasteiger partial charge on any atom is 0.437 e. The van der Waals surface area contributed by atoms with Gasteiger partial charge in [0, 0.05) is 5.69 Å². The van der Waals surface area contributed by atoms with Crippen molar-refractivity contribution >= 4 is 23.4 Å². The van der Waals surface area contributed by atoms with Gasteiger partial charge in [0.05, 0.1) is 0 Å². The average Bonchev–Trinajstić information content (AvgIpc) is 2.83. The fourth-order valence-electron chi connectivity index (χ4n) is 1.17. The molecule has 19 heavy (non-hydrogen) atoms. The number of nitrogens with zero attached hydrogens (tertiary/aromatic N) is 3. The van der Waals surface area contributed by atoms with Crippen molar-refractivity contribution in [3.8, 4) is 0 Å². The molecule has 0 bridgehead atoms. The van der Waals surface area contributed by atoms with Gasteiger partial charge in [-0.2, -0.15) is 0 Å². The number of rotatable bonds is 3. The molecule has 0 saturated carbocycles. The molecule has 9 heteroatoms. The number of nitrogen functional groups attached to an aromatic ring is 1. The lowest BCUT2D eigenvalue weighted by Crippen LogP contribution is -2.19. The van der Waals surface area contributed by atoms with Gasteiger partial charge in [-0.25, -0.2) is 9.42 Å². The smallest absolute Gasteiger partial charge is 0.379 e. The third-order valence-corrected chi connectivity index (χ3v) is 2.00. The van der Waals surface area contributed by atoms with Crippen molar-refractivity contribution in [1.29, 1.82) is 0 Å². The van der Waals surface area contributed by atoms with E-state index >= 15 is 0 Å². The molecule has 2 aromatic rings. The Balaban J connectivity index is 1.95. The number of nitrogens with two attached hydrogens (primary N) is 2. The van der Waals surface area contributed by atoms with E-state index < -0.39 is 6.09 Å². The minimum atomic E-state index is -0.802. The minimum absolute atomic E-state index is 0.00695. The predicted molar refractivity (Wildman–Crippen MR) is 66.0 cm³/mol. The number of oxime groups is 1. The quantitative estimate of drug-likeness (QED) is 0.316. The van der Waals surface area contributed by atoms with E-state index in [1.165, 1.54) is 0 Å². The first-order valence-electron chi connectivity index (χ1n) is 5.11. The fraction of sp³-hybridized carbons (Fsp3) is 0. The summed E-state index contributed by atoms with van der Waals surface area (Å²) in [5.41, 5.74) is 11.4. The van der Waals surface area contributed by atoms with Crippen molar-refractivity contribution in [3.05, 3.63) is 36.0 Å². The topological polar surface area (TPSA) is 142 Å². The molecule has 0 saturated heterocycles. The second-order valence-electron chi connectivity index (χ2n) is 3.34. The molecule has 0 radical (unpaired) electrons. The van der Waals surface area contributed by atoms with Gasteiger partial charge >= 0.3 is 6.09 Å². The van der Waals surface area contributed by atoms with Gasteiger partial charge in [-0.05, 0) is 22.4 Å². The van der Waals surface area contributed by atoms with Crippen LogP contribution in [0.25, 0.3) is 0 Å². The van der Waals surface area contributed by atoms with Gasteiger partial charge in [0.15, 0.2) is 17.3 Å². The van der Waals surface area contributed by atoms with Gasteiger partial charge in [-0.3, -0.25) is 10.2 Å². The zero-order valence-corrected chi connectivity index (χ0v) is 9.61. The molecule has 1 aromatic carbocycles. The van der Waals surface area contributed by atoms with E-state index in [2.05, 4.69) is 30.3 Å². The molecule has 1 heterocycles. The van der Waals surface area contributed by atoms with Crippen LogP contribution in [0.15, 0.2) is 40.1 Å². The minimum Gasteiger partial charge on any atom is -0.379 e. The summed E-state index contributed by atoms with van der Waals surface area (Å²) in [7, 11) is 0. The third-order valence-electron chi connectivity index (χ3n) is 2.00. The zero-order chi connectivity index (χ0) is 13.7. The molecule has 0 aliphatic rings. The molecule has 0 atom stereocenters. The van der Waals surface area contributed by atoms with E-state index in [4.69, 9.17) is 11.5 Å². The Morgan fingerprint density at radius 2 is 2.05 bits per heavy atom. The lowest BCUT2D eigenvalue weighted by molar-refractivity contribution is 0.166. The van der Waals surface area contributed by atoms with E-state index in [1.807, 2.05) is 6.07 Å². The molecule has 1 amide bonds. The van der Waals surface area contributed by atoms with Crippen LogP contribution in [0.4, 0.5) is 16.3 Å². The first kappa shape index (κ1) is 12.4. The molecule has 2 rings (SSSR count). The van der Waals surface area contributed by atoms with Crippen molar-refractivity contribution < 1.29 is 14.3 Å². The molecule has 0 spiro atoms. The highest BCUT2D eigenvalue weighted by Gasteiger charge is 2.12. The number of hydrogen-bond donors (Lipinski definition) is 3. The summed E-state index contributed by atoms with van der Waals surface area (Å²) < 4.78 is 4.33. The Labute approximate surface area is 107 Å². The van der Waals surface area contributed by atoms with Crippen molar-refractivity contribution in [2.45, 2.75) is 0 Å². The lowest BCUT2D eigenvalue weighted by atomic mass is 10.3. The molecular weight excluding hydrogens is 252 g/mol. The van der Waals surface area contributed by atoms with Crippen LogP contribution in [0.1, 0.15) is 5.69 Å². The SMILES string of the molecule is N/C(=N\OC(=O)Nc1ccccc1)c1nonc1N. The Morgan fingerprint density at radius 1 is 1.32 bits per heavy atom. The normalized spacial score (nSPS) is 11.1. The first-order valence-corrected chi connectivity index (χ1v) is 5.11. The summed E-state index contributed by atoms with van der Waals surface area (Å²) in [4.78, 5) is 15.9.